The molecule has 11 atom stereocenters. The number of benzene rings is 2. The number of rotatable bonds is 7. The highest BCUT2D eigenvalue weighted by atomic mass is 16.6. The topological polar surface area (TPSA) is 166 Å². The number of esters is 3. The first-order valence-electron chi connectivity index (χ1n) is 17.6. The van der Waals surface area contributed by atoms with Gasteiger partial charge in [0.05, 0.1) is 18.1 Å². The molecular formula is C40H48O11. The number of hydrogen-bond acceptors (Lipinski definition) is 11. The summed E-state index contributed by atoms with van der Waals surface area (Å²) in [6.07, 6.45) is -6.86. The van der Waals surface area contributed by atoms with Crippen LogP contribution in [-0.2, 0) is 33.3 Å². The molecule has 2 aromatic rings. The monoisotopic (exact) mass is 704 g/mol. The van der Waals surface area contributed by atoms with E-state index >= 15 is 0 Å². The number of carbonyl (C=O) groups excluding carboxylic acids is 4. The first-order valence-corrected chi connectivity index (χ1v) is 17.6. The van der Waals surface area contributed by atoms with Crippen LogP contribution in [0.25, 0.3) is 0 Å². The molecule has 2 saturated carbocycles. The van der Waals surface area contributed by atoms with E-state index in [1.807, 2.05) is 13.0 Å². The molecule has 4 aliphatic rings. The number of ether oxygens (including phenoxy) is 4. The highest BCUT2D eigenvalue weighted by Gasteiger charge is 2.77. The van der Waals surface area contributed by atoms with E-state index in [4.69, 9.17) is 18.9 Å². The van der Waals surface area contributed by atoms with Gasteiger partial charge in [0.1, 0.15) is 30.0 Å². The Bertz CT molecular complexity index is 1740. The third-order valence-electron chi connectivity index (χ3n) is 12.7. The summed E-state index contributed by atoms with van der Waals surface area (Å²) in [7, 11) is 0. The average molecular weight is 705 g/mol. The Balaban J connectivity index is 1.53. The van der Waals surface area contributed by atoms with Gasteiger partial charge in [-0.15, -0.1) is 0 Å². The second-order valence-electron chi connectivity index (χ2n) is 15.6. The smallest absolute Gasteiger partial charge is 0.338 e. The van der Waals surface area contributed by atoms with Crippen molar-refractivity contribution in [2.45, 2.75) is 109 Å². The largest absolute Gasteiger partial charge is 0.456 e. The first-order chi connectivity index (χ1) is 23.9. The molecule has 3 aliphatic carbocycles. The van der Waals surface area contributed by atoms with Crippen molar-refractivity contribution < 1.29 is 53.4 Å². The Morgan fingerprint density at radius 3 is 2.16 bits per heavy atom. The van der Waals surface area contributed by atoms with Crippen molar-refractivity contribution in [3.8, 4) is 0 Å². The molecule has 0 aromatic heterocycles. The van der Waals surface area contributed by atoms with Crippen LogP contribution in [0.4, 0.5) is 0 Å². The molecule has 1 heterocycles. The van der Waals surface area contributed by atoms with E-state index in [0.717, 1.165) is 0 Å². The summed E-state index contributed by atoms with van der Waals surface area (Å²) in [5.41, 5.74) is -5.24. The molecular weight excluding hydrogens is 656 g/mol. The van der Waals surface area contributed by atoms with Gasteiger partial charge < -0.3 is 34.3 Å². The minimum absolute atomic E-state index is 0.130. The zero-order chi connectivity index (χ0) is 37.3. The second kappa shape index (κ2) is 12.9. The fourth-order valence-corrected chi connectivity index (χ4v) is 9.42. The summed E-state index contributed by atoms with van der Waals surface area (Å²) in [6.45, 7) is 11.2. The average Bonchev–Trinajstić information content (AvgIpc) is 3.09. The van der Waals surface area contributed by atoms with Crippen molar-refractivity contribution in [2.75, 3.05) is 6.61 Å². The number of aliphatic hydroxyl groups excluding tert-OH is 2. The standard InChI is InChI=1S/C40H48O11/c1-21-18-28-39(20-48-28,51-24(4)41)32-34(50-35(45)26-16-12-9-13-17-26)40(47)19-27(49-36(46)30(42)22(2)25-14-10-8-11-15-25)23(3)29(37(40,5)6)31(43)33(44)38(21,32)7/h8-17,21-22,27-28,30-32,34,42-43,47H,18-20H2,1-7H3/t21-,22-,27-,28+,30+,31+,32?,34-,38+,39-,40+/m0/s1. The van der Waals surface area contributed by atoms with E-state index in [9.17, 15) is 34.5 Å². The van der Waals surface area contributed by atoms with Gasteiger partial charge in [-0.05, 0) is 48.1 Å². The van der Waals surface area contributed by atoms with Crippen LogP contribution in [0.1, 0.15) is 83.1 Å². The zero-order valence-corrected chi connectivity index (χ0v) is 30.1. The van der Waals surface area contributed by atoms with Crippen LogP contribution >= 0.6 is 0 Å². The highest BCUT2D eigenvalue weighted by Crippen LogP contribution is 2.65. The summed E-state index contributed by atoms with van der Waals surface area (Å²) in [5.74, 6) is -5.33. The van der Waals surface area contributed by atoms with Crippen molar-refractivity contribution >= 4 is 23.7 Å². The van der Waals surface area contributed by atoms with Crippen LogP contribution in [0.3, 0.4) is 0 Å². The zero-order valence-electron chi connectivity index (χ0n) is 30.1. The lowest BCUT2D eigenvalue weighted by Crippen LogP contribution is -2.80. The van der Waals surface area contributed by atoms with Crippen LogP contribution in [0.5, 0.6) is 0 Å². The van der Waals surface area contributed by atoms with Crippen LogP contribution in [0.2, 0.25) is 0 Å². The number of hydrogen-bond donors (Lipinski definition) is 3. The van der Waals surface area contributed by atoms with Crippen molar-refractivity contribution in [2.24, 2.45) is 22.7 Å². The predicted molar refractivity (Wildman–Crippen MR) is 183 cm³/mol. The van der Waals surface area contributed by atoms with Crippen molar-refractivity contribution in [1.29, 1.82) is 0 Å². The molecule has 3 fully saturated rings. The molecule has 0 amide bonds. The van der Waals surface area contributed by atoms with E-state index in [-0.39, 0.29) is 24.2 Å². The fraction of sp³-hybridized carbons (Fsp3) is 0.550. The Kier molecular flexibility index (Phi) is 9.36. The van der Waals surface area contributed by atoms with Gasteiger partial charge in [-0.2, -0.15) is 0 Å². The molecule has 6 rings (SSSR count). The van der Waals surface area contributed by atoms with E-state index in [1.54, 1.807) is 89.2 Å². The van der Waals surface area contributed by atoms with E-state index < -0.39 is 94.0 Å². The quantitative estimate of drug-likeness (QED) is 0.216. The Hall–Kier alpha value is -3.90. The lowest BCUT2D eigenvalue weighted by atomic mass is 9.43. The summed E-state index contributed by atoms with van der Waals surface area (Å²) in [4.78, 5) is 55.4. The van der Waals surface area contributed by atoms with E-state index in [2.05, 4.69) is 0 Å². The highest BCUT2D eigenvalue weighted by molar-refractivity contribution is 5.94. The van der Waals surface area contributed by atoms with Gasteiger partial charge >= 0.3 is 17.9 Å². The molecule has 51 heavy (non-hydrogen) atoms. The number of fused-ring (bicyclic) bond motifs is 5. The maximum absolute atomic E-state index is 15.0. The van der Waals surface area contributed by atoms with Gasteiger partial charge in [-0.3, -0.25) is 9.59 Å². The SMILES string of the molecule is CC(=O)O[C@@]12CO[C@@H]1C[C@H](C)[C@@]1(C)C(=O)[C@H](O)C3=C(C)[C@@H](OC(=O)[C@H](O)[C@@H](C)c4ccccc4)C[C@@](O)([C@@H](OC(=O)c4ccccc4)C12)C3(C)C. The second-order valence-corrected chi connectivity index (χ2v) is 15.6. The Morgan fingerprint density at radius 1 is 0.980 bits per heavy atom. The summed E-state index contributed by atoms with van der Waals surface area (Å²) < 4.78 is 24.4. The Morgan fingerprint density at radius 2 is 1.59 bits per heavy atom. The molecule has 1 saturated heterocycles. The van der Waals surface area contributed by atoms with Gasteiger partial charge in [0.25, 0.3) is 0 Å². The Labute approximate surface area is 297 Å². The number of Topliss-reactive ketones (excluding diaryl/α,β-unsaturated/α-hetero) is 1. The van der Waals surface area contributed by atoms with Gasteiger partial charge in [-0.25, -0.2) is 9.59 Å². The molecule has 11 heteroatoms. The summed E-state index contributed by atoms with van der Waals surface area (Å²) in [5, 5.41) is 36.7. The predicted octanol–water partition coefficient (Wildman–Crippen LogP) is 4.07. The molecule has 11 nitrogen and oxygen atoms in total. The van der Waals surface area contributed by atoms with Crippen LogP contribution < -0.4 is 0 Å². The van der Waals surface area contributed by atoms with Crippen LogP contribution in [0.15, 0.2) is 71.8 Å². The molecule has 1 aliphatic heterocycles. The molecule has 274 valence electrons. The molecule has 0 spiro atoms. The minimum atomic E-state index is -2.13. The minimum Gasteiger partial charge on any atom is -0.456 e. The van der Waals surface area contributed by atoms with E-state index in [0.29, 0.717) is 17.6 Å². The normalized spacial score (nSPS) is 36.5. The van der Waals surface area contributed by atoms with Gasteiger partial charge in [0.15, 0.2) is 17.5 Å². The first kappa shape index (κ1) is 36.9. The maximum Gasteiger partial charge on any atom is 0.338 e. The fourth-order valence-electron chi connectivity index (χ4n) is 9.42. The molecule has 2 aromatic carbocycles. The number of aliphatic hydroxyl groups is 3. The number of ketones is 1. The van der Waals surface area contributed by atoms with Crippen molar-refractivity contribution in [3.63, 3.8) is 0 Å². The molecule has 2 bridgehead atoms. The lowest BCUT2D eigenvalue weighted by Gasteiger charge is -2.68. The summed E-state index contributed by atoms with van der Waals surface area (Å²) >= 11 is 0. The maximum atomic E-state index is 15.0. The third kappa shape index (κ3) is 5.55. The van der Waals surface area contributed by atoms with Gasteiger partial charge in [-0.1, -0.05) is 83.1 Å². The lowest BCUT2D eigenvalue weighted by molar-refractivity contribution is -0.340. The van der Waals surface area contributed by atoms with Crippen molar-refractivity contribution in [3.05, 3.63) is 82.9 Å². The molecule has 0 radical (unpaired) electrons. The third-order valence-corrected chi connectivity index (χ3v) is 12.7. The molecule has 3 N–H and O–H groups in total. The summed E-state index contributed by atoms with van der Waals surface area (Å²) in [6, 6.07) is 17.2. The van der Waals surface area contributed by atoms with Gasteiger partial charge in [0, 0.05) is 30.1 Å². The van der Waals surface area contributed by atoms with E-state index in [1.165, 1.54) is 6.92 Å². The number of carbonyl (C=O) groups is 4. The van der Waals surface area contributed by atoms with Crippen LogP contribution in [-0.4, -0.2) is 87.3 Å². The van der Waals surface area contributed by atoms with Crippen molar-refractivity contribution in [1.82, 2.24) is 0 Å². The van der Waals surface area contributed by atoms with Crippen LogP contribution in [0, 0.1) is 22.7 Å². The van der Waals surface area contributed by atoms with Gasteiger partial charge in [0.2, 0.25) is 0 Å². The molecule has 1 unspecified atom stereocenters.